The summed E-state index contributed by atoms with van der Waals surface area (Å²) in [6, 6.07) is 46.2. The second-order valence-corrected chi connectivity index (χ2v) is 17.9. The number of carbonyl (C=O) groups excluding carboxylic acids is 1. The Kier molecular flexibility index (Phi) is 10.7. The number of nitrogens with zero attached hydrogens (tertiary/aromatic N) is 4. The summed E-state index contributed by atoms with van der Waals surface area (Å²) in [7, 11) is -11.3. The number of aromatic nitrogens is 8. The fourth-order valence-electron chi connectivity index (χ4n) is 7.38. The largest absolute Gasteiger partial charge is 0.435 e. The molecule has 17 heteroatoms. The van der Waals surface area contributed by atoms with Crippen molar-refractivity contribution in [3.8, 4) is 102 Å². The van der Waals surface area contributed by atoms with Gasteiger partial charge in [-0.3, -0.25) is 4.79 Å². The van der Waals surface area contributed by atoms with Crippen molar-refractivity contribution in [3.05, 3.63) is 183 Å². The molecule has 0 aliphatic heterocycles. The molecule has 0 atom stereocenters. The zero-order chi connectivity index (χ0) is 45.3. The van der Waals surface area contributed by atoms with Gasteiger partial charge >= 0.3 is 24.7 Å². The highest BCUT2D eigenvalue weighted by Gasteiger charge is 2.41. The minimum Gasteiger partial charge on any atom is -0.375 e. The predicted octanol–water partition coefficient (Wildman–Crippen LogP) is 10.2. The minimum atomic E-state index is -5.67. The molecule has 10 rings (SSSR count). The normalized spacial score (nSPS) is 11.6. The molecular weight excluding hydrogens is 877 g/mol. The summed E-state index contributed by atoms with van der Waals surface area (Å²) in [4.78, 5) is 45.1. The fraction of sp³-hybridized carbons (Fsp3) is 0. The molecule has 0 aliphatic rings. The molecule has 4 heterocycles. The molecule has 0 bridgehead atoms. The molecular formula is C49H34N8O7S2. The van der Waals surface area contributed by atoms with E-state index < -0.39 is 36.2 Å². The van der Waals surface area contributed by atoms with Crippen LogP contribution in [0.15, 0.2) is 183 Å². The Morgan fingerprint density at radius 2 is 0.652 bits per heavy atom. The van der Waals surface area contributed by atoms with Crippen LogP contribution in [0.3, 0.4) is 0 Å². The highest BCUT2D eigenvalue weighted by molar-refractivity contribution is 8.27. The van der Waals surface area contributed by atoms with Crippen LogP contribution in [0.5, 0.6) is 11.5 Å². The smallest absolute Gasteiger partial charge is 0.375 e. The Bertz CT molecular complexity index is 3360. The predicted molar refractivity (Wildman–Crippen MR) is 249 cm³/mol. The van der Waals surface area contributed by atoms with Crippen LogP contribution in [0.25, 0.3) is 90.6 Å². The third-order valence-electron chi connectivity index (χ3n) is 10.5. The Morgan fingerprint density at radius 3 is 0.970 bits per heavy atom. The molecule has 6 aromatic carbocycles. The van der Waals surface area contributed by atoms with Gasteiger partial charge in [0.15, 0.2) is 11.5 Å². The molecule has 324 valence electrons. The zero-order valence-electron chi connectivity index (χ0n) is 34.3. The topological polar surface area (TPSA) is 219 Å². The Balaban J connectivity index is 1.02. The molecule has 0 fully saturated rings. The molecule has 0 saturated carbocycles. The Labute approximate surface area is 377 Å². The van der Waals surface area contributed by atoms with Crippen LogP contribution in [0.4, 0.5) is 4.79 Å². The van der Waals surface area contributed by atoms with Crippen molar-refractivity contribution in [1.82, 2.24) is 39.9 Å². The lowest BCUT2D eigenvalue weighted by molar-refractivity contribution is 0.268. The summed E-state index contributed by atoms with van der Waals surface area (Å²) >= 11 is 0. The average Bonchev–Trinajstić information content (AvgIpc) is 4.21. The lowest BCUT2D eigenvalue weighted by atomic mass is 10.1. The monoisotopic (exact) mass is 910 g/mol. The van der Waals surface area contributed by atoms with Crippen molar-refractivity contribution in [1.29, 1.82) is 0 Å². The van der Waals surface area contributed by atoms with Crippen LogP contribution < -0.4 is 8.37 Å². The van der Waals surface area contributed by atoms with Crippen molar-refractivity contribution >= 4 is 24.7 Å². The average molecular weight is 911 g/mol. The number of rotatable bonds is 12. The van der Waals surface area contributed by atoms with E-state index in [0.717, 1.165) is 22.3 Å². The molecule has 0 aliphatic carbocycles. The highest BCUT2D eigenvalue weighted by atomic mass is 32.3. The number of benzene rings is 6. The number of hydrogen-bond donors (Lipinski definition) is 4. The molecule has 0 amide bonds. The molecule has 0 radical (unpaired) electrons. The second kappa shape index (κ2) is 17.1. The van der Waals surface area contributed by atoms with E-state index in [0.29, 0.717) is 45.6 Å². The fourth-order valence-corrected chi connectivity index (χ4v) is 9.47. The van der Waals surface area contributed by atoms with E-state index >= 15 is 0 Å². The van der Waals surface area contributed by atoms with Gasteiger partial charge in [-0.1, -0.05) is 146 Å². The molecule has 4 N–H and O–H groups in total. The number of imidazole rings is 4. The van der Waals surface area contributed by atoms with Crippen LogP contribution in [0, 0.1) is 0 Å². The SMILES string of the molecule is O=C(S(=O)(=O)Oc1cccc(-c2ncc(-c3ccccc3)[nH]2)c1-c1ncc(-c2ccccc2)[nH]1)S(=O)(=O)Oc1cccc(-c2ncc(-c3ccccc3)[nH]2)c1-c1ncc(-c2ccccc2)[nH]1. The Morgan fingerprint density at radius 1 is 0.364 bits per heavy atom. The number of carbonyl (C=O) groups is 1. The van der Waals surface area contributed by atoms with Gasteiger partial charge in [0.25, 0.3) is 0 Å². The van der Waals surface area contributed by atoms with E-state index in [-0.39, 0.29) is 22.8 Å². The van der Waals surface area contributed by atoms with Gasteiger partial charge < -0.3 is 28.3 Å². The number of hydrogen-bond acceptors (Lipinski definition) is 11. The van der Waals surface area contributed by atoms with Crippen LogP contribution in [0.1, 0.15) is 0 Å². The van der Waals surface area contributed by atoms with E-state index in [1.807, 2.05) is 121 Å². The van der Waals surface area contributed by atoms with Crippen LogP contribution in [0.2, 0.25) is 0 Å². The third-order valence-corrected chi connectivity index (χ3v) is 13.3. The first-order valence-electron chi connectivity index (χ1n) is 20.2. The van der Waals surface area contributed by atoms with Crippen molar-refractivity contribution in [2.24, 2.45) is 0 Å². The van der Waals surface area contributed by atoms with Gasteiger partial charge in [-0.25, -0.2) is 19.9 Å². The van der Waals surface area contributed by atoms with Crippen LogP contribution in [-0.4, -0.2) is 61.2 Å². The molecule has 10 aromatic rings. The zero-order valence-corrected chi connectivity index (χ0v) is 35.9. The number of H-pyrrole nitrogens is 4. The van der Waals surface area contributed by atoms with E-state index in [2.05, 4.69) is 39.9 Å². The maximum atomic E-state index is 14.0. The standard InChI is InChI=1S/C49H34N8O7S2/c58-49(65(59,60)63-41-25-13-23-35(45-50-27-37(54-45)31-15-5-1-6-16-31)43(41)47-52-29-39(56-47)33-19-9-3-10-20-33)66(61,62)64-42-26-14-24-36(46-51-28-38(55-46)32-17-7-2-8-18-32)44(42)48-53-30-40(57-48)34-21-11-4-12-22-34/h1-30H,(H,50,54)(H,51,55)(H,52,56)(H,53,57). The van der Waals surface area contributed by atoms with Gasteiger partial charge in [0.1, 0.15) is 23.3 Å². The second-order valence-electron chi connectivity index (χ2n) is 14.7. The van der Waals surface area contributed by atoms with Gasteiger partial charge in [-0.05, 0) is 34.4 Å². The van der Waals surface area contributed by atoms with E-state index in [1.54, 1.807) is 36.9 Å². The summed E-state index contributed by atoms with van der Waals surface area (Å²) in [5, 5.41) is 0. The lowest BCUT2D eigenvalue weighted by Gasteiger charge is -2.14. The van der Waals surface area contributed by atoms with Crippen molar-refractivity contribution < 1.29 is 30.0 Å². The Hall–Kier alpha value is -8.67. The van der Waals surface area contributed by atoms with E-state index in [1.165, 1.54) is 24.3 Å². The van der Waals surface area contributed by atoms with Gasteiger partial charge in [0, 0.05) is 11.1 Å². The van der Waals surface area contributed by atoms with E-state index in [4.69, 9.17) is 8.37 Å². The van der Waals surface area contributed by atoms with E-state index in [9.17, 15) is 21.6 Å². The lowest BCUT2D eigenvalue weighted by Crippen LogP contribution is -2.30. The van der Waals surface area contributed by atoms with Gasteiger partial charge in [-0.2, -0.15) is 16.8 Å². The van der Waals surface area contributed by atoms with Gasteiger partial charge in [0.2, 0.25) is 0 Å². The molecule has 66 heavy (non-hydrogen) atoms. The summed E-state index contributed by atoms with van der Waals surface area (Å²) in [5.41, 5.74) is 6.53. The summed E-state index contributed by atoms with van der Waals surface area (Å²) in [5.74, 6) is 0.0616. The quantitative estimate of drug-likeness (QED) is 0.0845. The number of aromatic amines is 4. The summed E-state index contributed by atoms with van der Waals surface area (Å²) in [6.45, 7) is 0. The minimum absolute atomic E-state index is 0.0682. The van der Waals surface area contributed by atoms with Crippen LogP contribution in [-0.2, 0) is 20.2 Å². The maximum Gasteiger partial charge on any atom is 0.435 e. The summed E-state index contributed by atoms with van der Waals surface area (Å²) < 4.78 is 64.6. The van der Waals surface area contributed by atoms with Crippen molar-refractivity contribution in [2.75, 3.05) is 0 Å². The molecule has 15 nitrogen and oxygen atoms in total. The molecule has 0 spiro atoms. The molecule has 4 aromatic heterocycles. The molecule has 0 saturated heterocycles. The van der Waals surface area contributed by atoms with Gasteiger partial charge in [-0.15, -0.1) is 0 Å². The van der Waals surface area contributed by atoms with Gasteiger partial charge in [0.05, 0.1) is 58.7 Å². The number of nitrogens with one attached hydrogen (secondary N) is 4. The first-order valence-corrected chi connectivity index (χ1v) is 23.0. The maximum absolute atomic E-state index is 14.0. The first kappa shape index (κ1) is 41.3. The third kappa shape index (κ3) is 8.18. The highest BCUT2D eigenvalue weighted by Crippen LogP contribution is 2.41. The summed E-state index contributed by atoms with van der Waals surface area (Å²) in [6.07, 6.45) is 6.34. The van der Waals surface area contributed by atoms with Crippen molar-refractivity contribution in [2.45, 2.75) is 0 Å². The van der Waals surface area contributed by atoms with Crippen LogP contribution >= 0.6 is 0 Å². The first-order chi connectivity index (χ1) is 32.1. The molecule has 0 unspecified atom stereocenters. The van der Waals surface area contributed by atoms with Crippen molar-refractivity contribution in [3.63, 3.8) is 0 Å².